The van der Waals surface area contributed by atoms with Gasteiger partial charge in [0.05, 0.1) is 11.0 Å². The Morgan fingerprint density at radius 1 is 0.867 bits per heavy atom. The summed E-state index contributed by atoms with van der Waals surface area (Å²) in [6.45, 7) is 2.64. The van der Waals surface area contributed by atoms with Crippen molar-refractivity contribution < 1.29 is 9.59 Å². The molecule has 4 aromatic rings. The Balaban J connectivity index is 1.44. The van der Waals surface area contributed by atoms with Gasteiger partial charge in [-0.15, -0.1) is 0 Å². The summed E-state index contributed by atoms with van der Waals surface area (Å²) in [5.41, 5.74) is 4.62. The predicted octanol–water partition coefficient (Wildman–Crippen LogP) is 4.42. The minimum Gasteiger partial charge on any atom is -0.352 e. The van der Waals surface area contributed by atoms with Crippen LogP contribution in [0.25, 0.3) is 16.7 Å². The molecule has 2 N–H and O–H groups in total. The van der Waals surface area contributed by atoms with Gasteiger partial charge in [0.25, 0.3) is 11.8 Å². The lowest BCUT2D eigenvalue weighted by molar-refractivity contribution is 0.0953. The van der Waals surface area contributed by atoms with Gasteiger partial charge in [-0.2, -0.15) is 0 Å². The van der Waals surface area contributed by atoms with Gasteiger partial charge in [0.15, 0.2) is 0 Å². The molecule has 0 atom stereocenters. The zero-order chi connectivity index (χ0) is 20.9. The van der Waals surface area contributed by atoms with Crippen molar-refractivity contribution in [2.24, 2.45) is 0 Å². The summed E-state index contributed by atoms with van der Waals surface area (Å²) in [7, 11) is 0. The molecule has 0 fully saturated rings. The number of rotatable bonds is 6. The number of para-hydroxylation sites is 2. The summed E-state index contributed by atoms with van der Waals surface area (Å²) < 4.78 is 1.99. The first-order valence-electron chi connectivity index (χ1n) is 9.88. The highest BCUT2D eigenvalue weighted by Crippen LogP contribution is 2.19. The van der Waals surface area contributed by atoms with E-state index in [9.17, 15) is 9.59 Å². The van der Waals surface area contributed by atoms with E-state index in [0.29, 0.717) is 23.4 Å². The van der Waals surface area contributed by atoms with Gasteiger partial charge >= 0.3 is 0 Å². The summed E-state index contributed by atoms with van der Waals surface area (Å²) in [6, 6.07) is 22.1. The molecule has 150 valence electrons. The fourth-order valence-corrected chi connectivity index (χ4v) is 3.19. The molecule has 1 aromatic heterocycles. The van der Waals surface area contributed by atoms with Gasteiger partial charge in [0, 0.05) is 29.0 Å². The van der Waals surface area contributed by atoms with E-state index in [1.165, 1.54) is 0 Å². The number of nitrogens with zero attached hydrogens (tertiary/aromatic N) is 2. The van der Waals surface area contributed by atoms with E-state index in [4.69, 9.17) is 0 Å². The van der Waals surface area contributed by atoms with Crippen LogP contribution in [0.2, 0.25) is 0 Å². The van der Waals surface area contributed by atoms with Crippen molar-refractivity contribution in [1.82, 2.24) is 14.9 Å². The molecule has 0 aliphatic rings. The third-order valence-corrected chi connectivity index (χ3v) is 4.80. The van der Waals surface area contributed by atoms with Crippen LogP contribution in [0, 0.1) is 0 Å². The smallest absolute Gasteiger partial charge is 0.255 e. The maximum Gasteiger partial charge on any atom is 0.255 e. The third-order valence-electron chi connectivity index (χ3n) is 4.80. The standard InChI is InChI=1S/C24H22N4O2/c1-2-15-25-23(29)17-7-11-19(12-8-17)27-24(30)18-9-13-20(14-10-18)28-16-26-21-5-3-4-6-22(21)28/h3-14,16H,2,15H2,1H3,(H,25,29)(H,27,30). The van der Waals surface area contributed by atoms with Crippen LogP contribution in [0.3, 0.4) is 0 Å². The molecule has 0 bridgehead atoms. The van der Waals surface area contributed by atoms with Gasteiger partial charge < -0.3 is 10.6 Å². The van der Waals surface area contributed by atoms with E-state index in [-0.39, 0.29) is 11.8 Å². The molecule has 0 spiro atoms. The van der Waals surface area contributed by atoms with Crippen LogP contribution in [0.4, 0.5) is 5.69 Å². The monoisotopic (exact) mass is 398 g/mol. The maximum atomic E-state index is 12.6. The number of imidazole rings is 1. The second-order valence-corrected chi connectivity index (χ2v) is 6.94. The van der Waals surface area contributed by atoms with Crippen molar-refractivity contribution in [3.63, 3.8) is 0 Å². The van der Waals surface area contributed by atoms with Crippen LogP contribution >= 0.6 is 0 Å². The molecular weight excluding hydrogens is 376 g/mol. The van der Waals surface area contributed by atoms with Gasteiger partial charge in [-0.25, -0.2) is 4.98 Å². The van der Waals surface area contributed by atoms with Crippen LogP contribution in [-0.4, -0.2) is 27.9 Å². The molecule has 0 radical (unpaired) electrons. The molecule has 6 nitrogen and oxygen atoms in total. The minimum absolute atomic E-state index is 0.114. The number of hydrogen-bond acceptors (Lipinski definition) is 3. The van der Waals surface area contributed by atoms with E-state index in [2.05, 4.69) is 15.6 Å². The summed E-state index contributed by atoms with van der Waals surface area (Å²) in [6.07, 6.45) is 2.66. The molecule has 0 saturated heterocycles. The Bertz CT molecular complexity index is 1180. The lowest BCUT2D eigenvalue weighted by Crippen LogP contribution is -2.23. The molecule has 3 aromatic carbocycles. The lowest BCUT2D eigenvalue weighted by atomic mass is 10.1. The van der Waals surface area contributed by atoms with Gasteiger partial charge in [-0.1, -0.05) is 19.1 Å². The lowest BCUT2D eigenvalue weighted by Gasteiger charge is -2.09. The van der Waals surface area contributed by atoms with Crippen LogP contribution < -0.4 is 10.6 Å². The van der Waals surface area contributed by atoms with Gasteiger partial charge in [0.2, 0.25) is 0 Å². The molecule has 6 heteroatoms. The number of carbonyl (C=O) groups excluding carboxylic acids is 2. The van der Waals surface area contributed by atoms with Crippen molar-refractivity contribution in [2.75, 3.05) is 11.9 Å². The number of amides is 2. The Morgan fingerprint density at radius 3 is 2.27 bits per heavy atom. The highest BCUT2D eigenvalue weighted by Gasteiger charge is 2.09. The molecule has 30 heavy (non-hydrogen) atoms. The third kappa shape index (κ3) is 4.07. The maximum absolute atomic E-state index is 12.6. The Kier molecular flexibility index (Phi) is 5.57. The highest BCUT2D eigenvalue weighted by atomic mass is 16.2. The van der Waals surface area contributed by atoms with Crippen LogP contribution in [0.1, 0.15) is 34.1 Å². The largest absolute Gasteiger partial charge is 0.352 e. The molecular formula is C24H22N4O2. The normalized spacial score (nSPS) is 10.7. The number of nitrogens with one attached hydrogen (secondary N) is 2. The second-order valence-electron chi connectivity index (χ2n) is 6.94. The molecule has 0 unspecified atom stereocenters. The topological polar surface area (TPSA) is 76.0 Å². The molecule has 0 aliphatic carbocycles. The molecule has 0 aliphatic heterocycles. The van der Waals surface area contributed by atoms with E-state index in [1.807, 2.05) is 47.9 Å². The fourth-order valence-electron chi connectivity index (χ4n) is 3.19. The van der Waals surface area contributed by atoms with Crippen molar-refractivity contribution in [2.45, 2.75) is 13.3 Å². The summed E-state index contributed by atoms with van der Waals surface area (Å²) in [4.78, 5) is 28.9. The Labute approximate surface area is 174 Å². The summed E-state index contributed by atoms with van der Waals surface area (Å²) in [5, 5.41) is 5.69. The summed E-state index contributed by atoms with van der Waals surface area (Å²) >= 11 is 0. The van der Waals surface area contributed by atoms with Gasteiger partial charge in [0.1, 0.15) is 6.33 Å². The summed E-state index contributed by atoms with van der Waals surface area (Å²) in [5.74, 6) is -0.322. The van der Waals surface area contributed by atoms with E-state index < -0.39 is 0 Å². The SMILES string of the molecule is CCCNC(=O)c1ccc(NC(=O)c2ccc(-n3cnc4ccccc43)cc2)cc1. The second kappa shape index (κ2) is 8.61. The van der Waals surface area contributed by atoms with Crippen LogP contribution in [-0.2, 0) is 0 Å². The Hall–Kier alpha value is -3.93. The van der Waals surface area contributed by atoms with Crippen LogP contribution in [0.5, 0.6) is 0 Å². The zero-order valence-corrected chi connectivity index (χ0v) is 16.6. The number of hydrogen-bond donors (Lipinski definition) is 2. The fraction of sp³-hybridized carbons (Fsp3) is 0.125. The number of carbonyl (C=O) groups is 2. The highest BCUT2D eigenvalue weighted by molar-refractivity contribution is 6.04. The van der Waals surface area contributed by atoms with Crippen molar-refractivity contribution >= 4 is 28.5 Å². The first-order chi connectivity index (χ1) is 14.7. The quantitative estimate of drug-likeness (QED) is 0.505. The predicted molar refractivity (Wildman–Crippen MR) is 118 cm³/mol. The van der Waals surface area contributed by atoms with Crippen molar-refractivity contribution in [3.05, 3.63) is 90.3 Å². The number of fused-ring (bicyclic) bond motifs is 1. The first-order valence-corrected chi connectivity index (χ1v) is 9.88. The average molecular weight is 398 g/mol. The number of aromatic nitrogens is 2. The zero-order valence-electron chi connectivity index (χ0n) is 16.6. The van der Waals surface area contributed by atoms with Gasteiger partial charge in [-0.05, 0) is 67.1 Å². The van der Waals surface area contributed by atoms with Crippen LogP contribution in [0.15, 0.2) is 79.1 Å². The van der Waals surface area contributed by atoms with E-state index in [0.717, 1.165) is 23.1 Å². The molecule has 0 saturated carbocycles. The van der Waals surface area contributed by atoms with Gasteiger partial charge in [-0.3, -0.25) is 14.2 Å². The molecule has 2 amide bonds. The first kappa shape index (κ1) is 19.4. The minimum atomic E-state index is -0.208. The Morgan fingerprint density at radius 2 is 1.53 bits per heavy atom. The average Bonchev–Trinajstić information content (AvgIpc) is 3.22. The van der Waals surface area contributed by atoms with Crippen molar-refractivity contribution in [3.8, 4) is 5.69 Å². The molecule has 4 rings (SSSR count). The van der Waals surface area contributed by atoms with E-state index >= 15 is 0 Å². The molecule has 1 heterocycles. The van der Waals surface area contributed by atoms with E-state index in [1.54, 1.807) is 42.7 Å². The van der Waals surface area contributed by atoms with Crippen molar-refractivity contribution in [1.29, 1.82) is 0 Å². The number of benzene rings is 3. The number of anilines is 1.